The minimum Gasteiger partial charge on any atom is -0.466 e. The molecule has 6 heteroatoms. The first kappa shape index (κ1) is 12.4. The van der Waals surface area contributed by atoms with Gasteiger partial charge in [-0.25, -0.2) is 4.79 Å². The molecular weight excluding hydrogens is 255 g/mol. The summed E-state index contributed by atoms with van der Waals surface area (Å²) in [6.45, 7) is 0. The van der Waals surface area contributed by atoms with E-state index in [4.69, 9.17) is 7.85 Å². The highest BCUT2D eigenvalue weighted by Crippen LogP contribution is 2.35. The van der Waals surface area contributed by atoms with Gasteiger partial charge in [0.05, 0.1) is 16.9 Å². The summed E-state index contributed by atoms with van der Waals surface area (Å²) in [5, 5.41) is 12.4. The molecule has 2 aromatic heterocycles. The average Bonchev–Trinajstić information content (AvgIpc) is 2.97. The van der Waals surface area contributed by atoms with Crippen LogP contribution in [0.4, 0.5) is 0 Å². The summed E-state index contributed by atoms with van der Waals surface area (Å²) in [6, 6.07) is 6.75. The lowest BCUT2D eigenvalue weighted by Crippen LogP contribution is -2.36. The second-order valence-electron chi connectivity index (χ2n) is 3.38. The number of hydrogen-bond acceptors (Lipinski definition) is 5. The molecule has 0 saturated carbocycles. The summed E-state index contributed by atoms with van der Waals surface area (Å²) in [7, 11) is 6.88. The van der Waals surface area contributed by atoms with Crippen molar-refractivity contribution >= 4 is 41.3 Å². The van der Waals surface area contributed by atoms with Crippen molar-refractivity contribution in [1.82, 2.24) is 0 Å². The van der Waals surface area contributed by atoms with Gasteiger partial charge in [-0.2, -0.15) is 11.3 Å². The second kappa shape index (κ2) is 4.64. The molecular formula is C11H9BO3S2. The van der Waals surface area contributed by atoms with Gasteiger partial charge in [0.2, 0.25) is 5.60 Å². The van der Waals surface area contributed by atoms with Crippen LogP contribution >= 0.6 is 22.7 Å². The SMILES string of the molecule is [B]c1ccc(C(O)(C(=O)OC)c2cccs2)s1. The zero-order valence-corrected chi connectivity index (χ0v) is 10.7. The molecule has 0 saturated heterocycles. The molecule has 1 atom stereocenters. The topological polar surface area (TPSA) is 46.5 Å². The van der Waals surface area contributed by atoms with Crippen molar-refractivity contribution in [1.29, 1.82) is 0 Å². The second-order valence-corrected chi connectivity index (χ2v) is 5.44. The van der Waals surface area contributed by atoms with E-state index in [1.807, 2.05) is 0 Å². The molecule has 0 aliphatic carbocycles. The lowest BCUT2D eigenvalue weighted by Gasteiger charge is -2.22. The first-order valence-corrected chi connectivity index (χ1v) is 6.49. The van der Waals surface area contributed by atoms with Crippen molar-refractivity contribution in [2.24, 2.45) is 0 Å². The van der Waals surface area contributed by atoms with Crippen molar-refractivity contribution in [2.45, 2.75) is 5.60 Å². The van der Waals surface area contributed by atoms with Gasteiger partial charge in [-0.05, 0) is 22.3 Å². The number of aliphatic hydroxyl groups is 1. The van der Waals surface area contributed by atoms with Crippen molar-refractivity contribution in [3.8, 4) is 0 Å². The van der Waals surface area contributed by atoms with Crippen LogP contribution < -0.4 is 4.78 Å². The number of methoxy groups -OCH3 is 1. The quantitative estimate of drug-likeness (QED) is 0.665. The zero-order chi connectivity index (χ0) is 12.5. The van der Waals surface area contributed by atoms with E-state index in [2.05, 4.69) is 4.74 Å². The van der Waals surface area contributed by atoms with E-state index in [0.29, 0.717) is 14.5 Å². The van der Waals surface area contributed by atoms with E-state index >= 15 is 0 Å². The molecule has 2 radical (unpaired) electrons. The van der Waals surface area contributed by atoms with E-state index < -0.39 is 11.6 Å². The van der Waals surface area contributed by atoms with Crippen molar-refractivity contribution in [2.75, 3.05) is 7.11 Å². The molecule has 0 spiro atoms. The molecule has 0 bridgehead atoms. The summed E-state index contributed by atoms with van der Waals surface area (Å²) in [4.78, 5) is 12.8. The fourth-order valence-electron chi connectivity index (χ4n) is 1.50. The molecule has 86 valence electrons. The lowest BCUT2D eigenvalue weighted by molar-refractivity contribution is -0.158. The molecule has 0 aromatic carbocycles. The highest BCUT2D eigenvalue weighted by atomic mass is 32.1. The summed E-state index contributed by atoms with van der Waals surface area (Å²) in [5.74, 6) is -0.707. The van der Waals surface area contributed by atoms with Gasteiger partial charge in [-0.3, -0.25) is 0 Å². The molecule has 1 unspecified atom stereocenters. The first-order valence-electron chi connectivity index (χ1n) is 4.79. The normalized spacial score (nSPS) is 14.2. The van der Waals surface area contributed by atoms with Crippen LogP contribution in [0, 0.1) is 0 Å². The van der Waals surface area contributed by atoms with Crippen LogP contribution in [0.2, 0.25) is 0 Å². The van der Waals surface area contributed by atoms with Crippen LogP contribution in [0.3, 0.4) is 0 Å². The van der Waals surface area contributed by atoms with Crippen LogP contribution in [0.1, 0.15) is 9.75 Å². The zero-order valence-electron chi connectivity index (χ0n) is 9.04. The molecule has 0 fully saturated rings. The number of hydrogen-bond donors (Lipinski definition) is 1. The Morgan fingerprint density at radius 2 is 2.18 bits per heavy atom. The standard InChI is InChI=1S/C11H9BO3S2/c1-15-10(13)11(14,7-3-2-6-16-7)8-4-5-9(12)17-8/h2-6,14H,1H3. The van der Waals surface area contributed by atoms with Gasteiger partial charge in [-0.1, -0.05) is 12.1 Å². The van der Waals surface area contributed by atoms with Crippen LogP contribution in [0.5, 0.6) is 0 Å². The Bertz CT molecular complexity index is 521. The summed E-state index contributed by atoms with van der Waals surface area (Å²) < 4.78 is 5.23. The predicted molar refractivity (Wildman–Crippen MR) is 69.0 cm³/mol. The van der Waals surface area contributed by atoms with Crippen molar-refractivity contribution < 1.29 is 14.6 Å². The Morgan fingerprint density at radius 1 is 1.41 bits per heavy atom. The van der Waals surface area contributed by atoms with Crippen molar-refractivity contribution in [3.05, 3.63) is 39.4 Å². The Balaban J connectivity index is 2.55. The molecule has 2 rings (SSSR count). The van der Waals surface area contributed by atoms with E-state index in [0.717, 1.165) is 0 Å². The third-order valence-corrected chi connectivity index (χ3v) is 4.34. The van der Waals surface area contributed by atoms with Crippen molar-refractivity contribution in [3.63, 3.8) is 0 Å². The number of thiophene rings is 2. The van der Waals surface area contributed by atoms with Gasteiger partial charge < -0.3 is 9.84 Å². The molecule has 2 aromatic rings. The molecule has 3 nitrogen and oxygen atoms in total. The number of ether oxygens (including phenoxy) is 1. The van der Waals surface area contributed by atoms with E-state index in [1.54, 1.807) is 29.6 Å². The lowest BCUT2D eigenvalue weighted by atomic mass is 10.00. The molecule has 2 heterocycles. The summed E-state index contributed by atoms with van der Waals surface area (Å²) in [6.07, 6.45) is 0. The monoisotopic (exact) mass is 264 g/mol. The minimum atomic E-state index is -1.76. The van der Waals surface area contributed by atoms with Crippen LogP contribution in [-0.2, 0) is 15.1 Å². The molecule has 1 N–H and O–H groups in total. The highest BCUT2D eigenvalue weighted by Gasteiger charge is 2.43. The molecule has 0 amide bonds. The van der Waals surface area contributed by atoms with Gasteiger partial charge in [-0.15, -0.1) is 11.3 Å². The van der Waals surface area contributed by atoms with Gasteiger partial charge in [0, 0.05) is 0 Å². The number of carbonyl (C=O) groups is 1. The molecule has 0 aliphatic heterocycles. The van der Waals surface area contributed by atoms with Gasteiger partial charge >= 0.3 is 5.97 Å². The molecule has 0 aliphatic rings. The number of carbonyl (C=O) groups excluding carboxylic acids is 1. The third kappa shape index (κ3) is 2.03. The predicted octanol–water partition coefficient (Wildman–Crippen LogP) is 1.01. The maximum atomic E-state index is 11.8. The Morgan fingerprint density at radius 3 is 2.65 bits per heavy atom. The Labute approximate surface area is 108 Å². The van der Waals surface area contributed by atoms with Gasteiger partial charge in [0.15, 0.2) is 0 Å². The summed E-state index contributed by atoms with van der Waals surface area (Å²) in [5.41, 5.74) is -1.76. The minimum absolute atomic E-state index is 0.462. The van der Waals surface area contributed by atoms with Crippen LogP contribution in [0.25, 0.3) is 0 Å². The first-order chi connectivity index (χ1) is 8.09. The van der Waals surface area contributed by atoms with Gasteiger partial charge in [0.1, 0.15) is 7.85 Å². The largest absolute Gasteiger partial charge is 0.466 e. The Kier molecular flexibility index (Phi) is 3.37. The summed E-state index contributed by atoms with van der Waals surface area (Å²) >= 11 is 2.46. The fraction of sp³-hybridized carbons (Fsp3) is 0.182. The fourth-order valence-corrected chi connectivity index (χ4v) is 3.26. The number of esters is 1. The number of rotatable bonds is 3. The highest BCUT2D eigenvalue weighted by molar-refractivity contribution is 7.20. The van der Waals surface area contributed by atoms with E-state index in [1.165, 1.54) is 29.8 Å². The maximum absolute atomic E-state index is 11.8. The maximum Gasteiger partial charge on any atom is 0.349 e. The van der Waals surface area contributed by atoms with E-state index in [9.17, 15) is 9.90 Å². The van der Waals surface area contributed by atoms with E-state index in [-0.39, 0.29) is 0 Å². The Hall–Kier alpha value is -1.11. The third-order valence-electron chi connectivity index (χ3n) is 2.34. The smallest absolute Gasteiger partial charge is 0.349 e. The van der Waals surface area contributed by atoms with Gasteiger partial charge in [0.25, 0.3) is 0 Å². The average molecular weight is 264 g/mol. The molecule has 17 heavy (non-hydrogen) atoms. The van der Waals surface area contributed by atoms with Crippen LogP contribution in [-0.4, -0.2) is 26.0 Å². The van der Waals surface area contributed by atoms with Crippen LogP contribution in [0.15, 0.2) is 29.6 Å².